The summed E-state index contributed by atoms with van der Waals surface area (Å²) in [6.45, 7) is 6.71. The largest absolute Gasteiger partial charge is 0.467 e. The number of anilines is 2. The number of thiophene rings is 1. The van der Waals surface area contributed by atoms with Crippen molar-refractivity contribution in [2.24, 2.45) is 0 Å². The highest BCUT2D eigenvalue weighted by Gasteiger charge is 2.27. The molecule has 0 atom stereocenters. The fourth-order valence-corrected chi connectivity index (χ4v) is 4.97. The number of carbonyl (C=O) groups excluding carboxylic acids is 1. The van der Waals surface area contributed by atoms with Gasteiger partial charge in [-0.2, -0.15) is 0 Å². The number of amides is 1. The number of aromatic nitrogens is 6. The van der Waals surface area contributed by atoms with Gasteiger partial charge in [0.2, 0.25) is 5.95 Å². The fourth-order valence-electron chi connectivity index (χ4n) is 3.79. The molecule has 1 aliphatic rings. The summed E-state index contributed by atoms with van der Waals surface area (Å²) >= 11 is 1.59. The standard InChI is InChI=1S/C23H25N9O4S/c1-23(2,30-21-24-11-14(12-25-21)20(33)31-34)16-8-15-17(37-16)19(32-4-6-36-7-5-32)29-18(28-15)13-9-26-22(35-3)27-10-13/h8-12,34H,4-7H2,1-3H3,(H,31,33)(H,24,25,30). The maximum absolute atomic E-state index is 11.6. The predicted molar refractivity (Wildman–Crippen MR) is 136 cm³/mol. The molecule has 0 bridgehead atoms. The summed E-state index contributed by atoms with van der Waals surface area (Å²) in [5.74, 6) is 1.02. The van der Waals surface area contributed by atoms with Gasteiger partial charge in [-0.05, 0) is 19.9 Å². The number of carbonyl (C=O) groups is 1. The monoisotopic (exact) mass is 523 g/mol. The van der Waals surface area contributed by atoms with Gasteiger partial charge in [0.05, 0.1) is 47.2 Å². The molecule has 0 saturated carbocycles. The van der Waals surface area contributed by atoms with Gasteiger partial charge in [-0.3, -0.25) is 10.0 Å². The third-order valence-electron chi connectivity index (χ3n) is 5.79. The second-order valence-electron chi connectivity index (χ2n) is 8.74. The summed E-state index contributed by atoms with van der Waals surface area (Å²) in [7, 11) is 1.52. The Morgan fingerprint density at radius 1 is 1.11 bits per heavy atom. The van der Waals surface area contributed by atoms with Crippen molar-refractivity contribution in [2.75, 3.05) is 43.6 Å². The molecule has 0 unspecified atom stereocenters. The van der Waals surface area contributed by atoms with Crippen LogP contribution in [-0.4, -0.2) is 74.4 Å². The van der Waals surface area contributed by atoms with Crippen LogP contribution in [0.15, 0.2) is 30.9 Å². The van der Waals surface area contributed by atoms with E-state index in [1.165, 1.54) is 19.5 Å². The normalized spacial score (nSPS) is 14.0. The molecule has 4 aromatic rings. The van der Waals surface area contributed by atoms with Gasteiger partial charge in [-0.25, -0.2) is 35.4 Å². The highest BCUT2D eigenvalue weighted by molar-refractivity contribution is 7.19. The minimum absolute atomic E-state index is 0.146. The van der Waals surface area contributed by atoms with Crippen molar-refractivity contribution in [3.8, 4) is 17.4 Å². The Kier molecular flexibility index (Phi) is 6.78. The highest BCUT2D eigenvalue weighted by Crippen LogP contribution is 2.39. The molecule has 4 aromatic heterocycles. The van der Waals surface area contributed by atoms with Crippen LogP contribution in [0.25, 0.3) is 21.6 Å². The molecule has 14 heteroatoms. The van der Waals surface area contributed by atoms with Gasteiger partial charge in [-0.1, -0.05) is 0 Å². The minimum atomic E-state index is -0.678. The smallest absolute Gasteiger partial charge is 0.316 e. The Bertz CT molecular complexity index is 1400. The average Bonchev–Trinajstić information content (AvgIpc) is 3.38. The minimum Gasteiger partial charge on any atom is -0.467 e. The molecule has 0 radical (unpaired) electrons. The number of ether oxygens (including phenoxy) is 2. The van der Waals surface area contributed by atoms with Gasteiger partial charge in [0.25, 0.3) is 5.91 Å². The molecule has 37 heavy (non-hydrogen) atoms. The number of hydrogen-bond acceptors (Lipinski definition) is 13. The summed E-state index contributed by atoms with van der Waals surface area (Å²) in [6.07, 6.45) is 5.97. The molecule has 1 amide bonds. The first-order valence-electron chi connectivity index (χ1n) is 11.4. The third-order valence-corrected chi connectivity index (χ3v) is 7.23. The molecule has 0 aromatic carbocycles. The van der Waals surface area contributed by atoms with E-state index >= 15 is 0 Å². The van der Waals surface area contributed by atoms with Crippen molar-refractivity contribution in [1.29, 1.82) is 0 Å². The summed E-state index contributed by atoms with van der Waals surface area (Å²) in [5.41, 5.74) is 2.62. The number of methoxy groups -OCH3 is 1. The van der Waals surface area contributed by atoms with Crippen LogP contribution in [0.4, 0.5) is 11.8 Å². The number of rotatable bonds is 7. The molecule has 1 aliphatic heterocycles. The Hall–Kier alpha value is -4.01. The van der Waals surface area contributed by atoms with Crippen LogP contribution >= 0.6 is 11.3 Å². The predicted octanol–water partition coefficient (Wildman–Crippen LogP) is 2.25. The zero-order valence-electron chi connectivity index (χ0n) is 20.4. The molecule has 0 spiro atoms. The van der Waals surface area contributed by atoms with E-state index in [4.69, 9.17) is 24.6 Å². The number of nitrogens with zero attached hydrogens (tertiary/aromatic N) is 7. The second kappa shape index (κ2) is 10.2. The second-order valence-corrected chi connectivity index (χ2v) is 9.79. The van der Waals surface area contributed by atoms with Gasteiger partial charge < -0.3 is 19.7 Å². The van der Waals surface area contributed by atoms with Crippen LogP contribution in [0.3, 0.4) is 0 Å². The highest BCUT2D eigenvalue weighted by atomic mass is 32.1. The number of nitrogens with one attached hydrogen (secondary N) is 2. The van der Waals surface area contributed by atoms with E-state index in [0.29, 0.717) is 30.5 Å². The van der Waals surface area contributed by atoms with Crippen molar-refractivity contribution in [3.05, 3.63) is 41.3 Å². The van der Waals surface area contributed by atoms with Crippen LogP contribution in [0, 0.1) is 0 Å². The van der Waals surface area contributed by atoms with E-state index in [-0.39, 0.29) is 11.6 Å². The lowest BCUT2D eigenvalue weighted by Gasteiger charge is -2.28. The van der Waals surface area contributed by atoms with E-state index in [2.05, 4.69) is 30.2 Å². The third kappa shape index (κ3) is 5.12. The molecule has 0 aliphatic carbocycles. The maximum atomic E-state index is 11.6. The van der Waals surface area contributed by atoms with Gasteiger partial charge in [0.1, 0.15) is 0 Å². The molecule has 3 N–H and O–H groups in total. The molecule has 1 saturated heterocycles. The summed E-state index contributed by atoms with van der Waals surface area (Å²) in [6, 6.07) is 2.30. The van der Waals surface area contributed by atoms with Crippen molar-refractivity contribution in [1.82, 2.24) is 35.4 Å². The lowest BCUT2D eigenvalue weighted by atomic mass is 10.0. The SMILES string of the molecule is COc1ncc(-c2nc(N3CCOCC3)c3sc(C(C)(C)Nc4ncc(C(=O)NO)cn4)cc3n2)cn1. The zero-order valence-corrected chi connectivity index (χ0v) is 21.2. The van der Waals surface area contributed by atoms with Crippen LogP contribution in [0.1, 0.15) is 29.1 Å². The first-order valence-corrected chi connectivity index (χ1v) is 12.3. The molecule has 1 fully saturated rings. The van der Waals surface area contributed by atoms with Crippen molar-refractivity contribution in [3.63, 3.8) is 0 Å². The zero-order chi connectivity index (χ0) is 26.0. The van der Waals surface area contributed by atoms with Gasteiger partial charge in [0.15, 0.2) is 11.6 Å². The fraction of sp³-hybridized carbons (Fsp3) is 0.348. The Labute approximate surface area is 215 Å². The summed E-state index contributed by atoms with van der Waals surface area (Å²) in [4.78, 5) is 41.3. The van der Waals surface area contributed by atoms with Crippen molar-refractivity contribution >= 4 is 39.2 Å². The number of hydrogen-bond donors (Lipinski definition) is 3. The molecular formula is C23H25N9O4S. The lowest BCUT2D eigenvalue weighted by molar-refractivity contribution is 0.0705. The van der Waals surface area contributed by atoms with E-state index in [0.717, 1.165) is 34.0 Å². The maximum Gasteiger partial charge on any atom is 0.316 e. The summed E-state index contributed by atoms with van der Waals surface area (Å²) in [5, 5.41) is 12.1. The van der Waals surface area contributed by atoms with E-state index in [1.54, 1.807) is 29.2 Å². The van der Waals surface area contributed by atoms with Crippen LogP contribution in [0.5, 0.6) is 6.01 Å². The summed E-state index contributed by atoms with van der Waals surface area (Å²) < 4.78 is 11.6. The van der Waals surface area contributed by atoms with Crippen molar-refractivity contribution in [2.45, 2.75) is 19.4 Å². The number of morpholine rings is 1. The number of fused-ring (bicyclic) bond motifs is 1. The van der Waals surface area contributed by atoms with E-state index < -0.39 is 11.4 Å². The molecule has 5 heterocycles. The molecule has 13 nitrogen and oxygen atoms in total. The molecular weight excluding hydrogens is 498 g/mol. The van der Waals surface area contributed by atoms with Crippen molar-refractivity contribution < 1.29 is 19.5 Å². The Morgan fingerprint density at radius 3 is 2.46 bits per heavy atom. The number of hydroxylamine groups is 1. The van der Waals surface area contributed by atoms with E-state index in [1.807, 2.05) is 19.9 Å². The average molecular weight is 524 g/mol. The van der Waals surface area contributed by atoms with Crippen LogP contribution < -0.4 is 20.4 Å². The molecule has 5 rings (SSSR count). The first kappa shape index (κ1) is 24.7. The lowest BCUT2D eigenvalue weighted by Crippen LogP contribution is -2.36. The van der Waals surface area contributed by atoms with E-state index in [9.17, 15) is 4.79 Å². The van der Waals surface area contributed by atoms with Crippen LogP contribution in [0.2, 0.25) is 0 Å². The first-order chi connectivity index (χ1) is 17.9. The Balaban J connectivity index is 1.52. The van der Waals surface area contributed by atoms with Gasteiger partial charge in [0, 0.05) is 42.8 Å². The quantitative estimate of drug-likeness (QED) is 0.240. The molecule has 192 valence electrons. The van der Waals surface area contributed by atoms with Gasteiger partial charge in [-0.15, -0.1) is 11.3 Å². The topological polar surface area (TPSA) is 160 Å². The van der Waals surface area contributed by atoms with Crippen LogP contribution in [-0.2, 0) is 10.3 Å². The van der Waals surface area contributed by atoms with Gasteiger partial charge >= 0.3 is 6.01 Å². The Morgan fingerprint density at radius 2 is 1.81 bits per heavy atom.